The zero-order valence-corrected chi connectivity index (χ0v) is 11.4. The molecule has 0 saturated carbocycles. The molecule has 0 fully saturated rings. The van der Waals surface area contributed by atoms with E-state index in [4.69, 9.17) is 4.65 Å². The van der Waals surface area contributed by atoms with Crippen LogP contribution < -0.4 is 5.46 Å². The van der Waals surface area contributed by atoms with Crippen LogP contribution >= 0.6 is 0 Å². The second-order valence-electron chi connectivity index (χ2n) is 4.64. The molecule has 0 saturated heterocycles. The van der Waals surface area contributed by atoms with E-state index in [1.165, 1.54) is 18.5 Å². The Labute approximate surface area is 117 Å². The Kier molecular flexibility index (Phi) is 3.33. The summed E-state index contributed by atoms with van der Waals surface area (Å²) in [6, 6.07) is 8.33. The van der Waals surface area contributed by atoms with Crippen molar-refractivity contribution in [2.24, 2.45) is 0 Å². The molecule has 0 radical (unpaired) electrons. The Morgan fingerprint density at radius 3 is 2.95 bits per heavy atom. The average Bonchev–Trinajstić information content (AvgIpc) is 2.81. The standard InChI is InChI=1S/C13H12BNO4S/c16-14-13-6-10(3-4-11(13)8-19-14)9-20(17,18)12-2-1-5-15-7-12/h1-7,16H,8-9H2. The van der Waals surface area contributed by atoms with Gasteiger partial charge in [0.15, 0.2) is 9.84 Å². The van der Waals surface area contributed by atoms with Gasteiger partial charge < -0.3 is 9.68 Å². The molecular formula is C13H12BNO4S. The molecule has 7 heteroatoms. The molecule has 3 rings (SSSR count). The Balaban J connectivity index is 1.91. The second-order valence-corrected chi connectivity index (χ2v) is 6.63. The lowest BCUT2D eigenvalue weighted by Gasteiger charge is -2.06. The van der Waals surface area contributed by atoms with Gasteiger partial charge in [0, 0.05) is 12.4 Å². The number of fused-ring (bicyclic) bond motifs is 1. The first-order chi connectivity index (χ1) is 9.56. The molecule has 1 aliphatic heterocycles. The van der Waals surface area contributed by atoms with Gasteiger partial charge in [0.25, 0.3) is 0 Å². The molecule has 1 N–H and O–H groups in total. The lowest BCUT2D eigenvalue weighted by Crippen LogP contribution is -2.28. The van der Waals surface area contributed by atoms with E-state index in [2.05, 4.69) is 4.98 Å². The van der Waals surface area contributed by atoms with Gasteiger partial charge in [-0.25, -0.2) is 8.42 Å². The molecule has 0 atom stereocenters. The Morgan fingerprint density at radius 1 is 1.35 bits per heavy atom. The van der Waals surface area contributed by atoms with E-state index in [0.717, 1.165) is 5.56 Å². The van der Waals surface area contributed by atoms with E-state index in [1.807, 2.05) is 0 Å². The molecule has 1 aliphatic rings. The topological polar surface area (TPSA) is 76.5 Å². The molecule has 0 spiro atoms. The van der Waals surface area contributed by atoms with Gasteiger partial charge >= 0.3 is 7.12 Å². The summed E-state index contributed by atoms with van der Waals surface area (Å²) in [5.74, 6) is -0.126. The van der Waals surface area contributed by atoms with Gasteiger partial charge in [-0.1, -0.05) is 18.2 Å². The van der Waals surface area contributed by atoms with Crippen LogP contribution in [0.3, 0.4) is 0 Å². The van der Waals surface area contributed by atoms with Crippen LogP contribution in [0.25, 0.3) is 0 Å². The number of hydrogen-bond donors (Lipinski definition) is 1. The van der Waals surface area contributed by atoms with Crippen molar-refractivity contribution in [3.63, 3.8) is 0 Å². The van der Waals surface area contributed by atoms with Gasteiger partial charge in [-0.2, -0.15) is 0 Å². The lowest BCUT2D eigenvalue weighted by atomic mass is 9.79. The highest BCUT2D eigenvalue weighted by Crippen LogP contribution is 2.17. The molecular weight excluding hydrogens is 277 g/mol. The molecule has 1 aromatic carbocycles. The molecule has 0 unspecified atom stereocenters. The molecule has 0 amide bonds. The van der Waals surface area contributed by atoms with Gasteiger partial charge in [0.2, 0.25) is 0 Å². The van der Waals surface area contributed by atoms with Gasteiger partial charge in [0.1, 0.15) is 0 Å². The largest absolute Gasteiger partial charge is 0.491 e. The first-order valence-corrected chi connectivity index (χ1v) is 7.76. The quantitative estimate of drug-likeness (QED) is 0.821. The third-order valence-corrected chi connectivity index (χ3v) is 4.90. The zero-order chi connectivity index (χ0) is 14.2. The van der Waals surface area contributed by atoms with Gasteiger partial charge in [-0.15, -0.1) is 0 Å². The van der Waals surface area contributed by atoms with Gasteiger partial charge in [-0.3, -0.25) is 4.98 Å². The molecule has 5 nitrogen and oxygen atoms in total. The number of sulfone groups is 1. The molecule has 20 heavy (non-hydrogen) atoms. The fraction of sp³-hybridized carbons (Fsp3) is 0.154. The van der Waals surface area contributed by atoms with E-state index in [-0.39, 0.29) is 10.6 Å². The van der Waals surface area contributed by atoms with E-state index < -0.39 is 17.0 Å². The van der Waals surface area contributed by atoms with Crippen LogP contribution in [0.5, 0.6) is 0 Å². The number of benzene rings is 1. The minimum atomic E-state index is -3.43. The minimum Gasteiger partial charge on any atom is -0.423 e. The second kappa shape index (κ2) is 5.01. The maximum atomic E-state index is 12.2. The van der Waals surface area contributed by atoms with Crippen molar-refractivity contribution in [3.8, 4) is 0 Å². The maximum absolute atomic E-state index is 12.2. The normalized spacial score (nSPS) is 14.3. The number of nitrogens with zero attached hydrogens (tertiary/aromatic N) is 1. The summed E-state index contributed by atoms with van der Waals surface area (Å²) < 4.78 is 29.6. The van der Waals surface area contributed by atoms with Crippen LogP contribution in [0, 0.1) is 0 Å². The predicted octanol–water partition coefficient (Wildman–Crippen LogP) is 0.273. The molecule has 2 heterocycles. The summed E-state index contributed by atoms with van der Waals surface area (Å²) >= 11 is 0. The summed E-state index contributed by atoms with van der Waals surface area (Å²) in [5.41, 5.74) is 2.15. The van der Waals surface area contributed by atoms with Crippen molar-refractivity contribution in [3.05, 3.63) is 53.9 Å². The zero-order valence-electron chi connectivity index (χ0n) is 10.6. The van der Waals surface area contributed by atoms with Crippen LogP contribution in [0.15, 0.2) is 47.6 Å². The van der Waals surface area contributed by atoms with Crippen LogP contribution in [-0.4, -0.2) is 25.5 Å². The summed E-state index contributed by atoms with van der Waals surface area (Å²) in [4.78, 5) is 4.02. The monoisotopic (exact) mass is 289 g/mol. The van der Waals surface area contributed by atoms with Crippen LogP contribution in [0.4, 0.5) is 0 Å². The highest BCUT2D eigenvalue weighted by Gasteiger charge is 2.28. The average molecular weight is 289 g/mol. The Hall–Kier alpha value is -1.70. The summed E-state index contributed by atoms with van der Waals surface area (Å²) in [5, 5.41) is 9.64. The minimum absolute atomic E-state index is 0.126. The number of pyridine rings is 1. The molecule has 0 bridgehead atoms. The fourth-order valence-electron chi connectivity index (χ4n) is 2.19. The molecule has 102 valence electrons. The van der Waals surface area contributed by atoms with Crippen LogP contribution in [0.2, 0.25) is 0 Å². The highest BCUT2D eigenvalue weighted by atomic mass is 32.2. The van der Waals surface area contributed by atoms with Crippen molar-refractivity contribution in [2.75, 3.05) is 0 Å². The van der Waals surface area contributed by atoms with Crippen molar-refractivity contribution < 1.29 is 18.1 Å². The SMILES string of the molecule is O=S(=O)(Cc1ccc2c(c1)B(O)OC2)c1cccnc1. The van der Waals surface area contributed by atoms with Gasteiger partial charge in [0.05, 0.1) is 17.3 Å². The van der Waals surface area contributed by atoms with E-state index in [0.29, 0.717) is 17.6 Å². The summed E-state index contributed by atoms with van der Waals surface area (Å²) in [6.07, 6.45) is 2.86. The number of aromatic nitrogens is 1. The van der Waals surface area contributed by atoms with Crippen LogP contribution in [-0.2, 0) is 26.9 Å². The highest BCUT2D eigenvalue weighted by molar-refractivity contribution is 7.90. The summed E-state index contributed by atoms with van der Waals surface area (Å²) in [6.45, 7) is 0.353. The Bertz CT molecular complexity index is 733. The summed E-state index contributed by atoms with van der Waals surface area (Å²) in [7, 11) is -4.40. The van der Waals surface area contributed by atoms with Crippen molar-refractivity contribution in [2.45, 2.75) is 17.3 Å². The van der Waals surface area contributed by atoms with E-state index in [1.54, 1.807) is 24.3 Å². The first-order valence-electron chi connectivity index (χ1n) is 6.10. The van der Waals surface area contributed by atoms with Crippen LogP contribution in [0.1, 0.15) is 11.1 Å². The number of rotatable bonds is 3. The van der Waals surface area contributed by atoms with Crippen molar-refractivity contribution in [1.82, 2.24) is 4.98 Å². The smallest absolute Gasteiger partial charge is 0.423 e. The fourth-order valence-corrected chi connectivity index (χ4v) is 3.48. The maximum Gasteiger partial charge on any atom is 0.491 e. The van der Waals surface area contributed by atoms with Gasteiger partial charge in [-0.05, 0) is 28.7 Å². The lowest BCUT2D eigenvalue weighted by molar-refractivity contribution is 0.275. The third kappa shape index (κ3) is 2.47. The molecule has 2 aromatic rings. The third-order valence-electron chi connectivity index (χ3n) is 3.22. The number of hydrogen-bond acceptors (Lipinski definition) is 5. The molecule has 1 aromatic heterocycles. The molecule has 0 aliphatic carbocycles. The Morgan fingerprint density at radius 2 is 2.20 bits per heavy atom. The van der Waals surface area contributed by atoms with Crippen molar-refractivity contribution >= 4 is 22.4 Å². The van der Waals surface area contributed by atoms with Crippen molar-refractivity contribution in [1.29, 1.82) is 0 Å². The first kappa shape index (κ1) is 13.3. The van der Waals surface area contributed by atoms with E-state index in [9.17, 15) is 13.4 Å². The van der Waals surface area contributed by atoms with E-state index >= 15 is 0 Å². The predicted molar refractivity (Wildman–Crippen MR) is 74.0 cm³/mol.